The Hall–Kier alpha value is -3.41. The Balaban J connectivity index is 1.15. The maximum atomic E-state index is 12.6. The second kappa shape index (κ2) is 12.5. The number of nitrogens with zero attached hydrogens (tertiary/aromatic N) is 2. The Morgan fingerprint density at radius 2 is 1.83 bits per heavy atom. The van der Waals surface area contributed by atoms with Crippen molar-refractivity contribution in [3.63, 3.8) is 0 Å². The summed E-state index contributed by atoms with van der Waals surface area (Å²) in [5, 5.41) is 0.380. The number of hydrogen-bond acceptors (Lipinski definition) is 8. The van der Waals surface area contributed by atoms with Crippen LogP contribution in [0, 0.1) is 0 Å². The Morgan fingerprint density at radius 1 is 1.08 bits per heavy atom. The molecule has 2 N–H and O–H groups in total. The van der Waals surface area contributed by atoms with E-state index in [4.69, 9.17) is 16.6 Å². The first kappa shape index (κ1) is 25.7. The van der Waals surface area contributed by atoms with Crippen LogP contribution in [0.2, 0.25) is 0 Å². The topological polar surface area (TPSA) is 105 Å². The predicted octanol–water partition coefficient (Wildman–Crippen LogP) is 4.31. The summed E-state index contributed by atoms with van der Waals surface area (Å²) in [5.41, 5.74) is 7.15. The minimum absolute atomic E-state index is 0.0364. The fourth-order valence-corrected chi connectivity index (χ4v) is 5.09. The number of carbonyl (C=O) groups excluding carboxylic acids is 3. The lowest BCUT2D eigenvalue weighted by atomic mass is 10.2. The number of benzene rings is 2. The number of hydrogen-bond donors (Lipinski definition) is 2. The van der Waals surface area contributed by atoms with E-state index >= 15 is 0 Å². The van der Waals surface area contributed by atoms with Gasteiger partial charge in [-0.2, -0.15) is 0 Å². The van der Waals surface area contributed by atoms with Crippen molar-refractivity contribution in [2.75, 3.05) is 12.3 Å². The number of thiocarbonyl (C=S) groups is 1. The maximum absolute atomic E-state index is 12.6. The smallest absolute Gasteiger partial charge is 0.266 e. The summed E-state index contributed by atoms with van der Waals surface area (Å²) in [6.45, 7) is 0.319. The van der Waals surface area contributed by atoms with Gasteiger partial charge in [0.05, 0.1) is 10.7 Å². The summed E-state index contributed by atoms with van der Waals surface area (Å²) in [5.74, 6) is -0.884. The number of thioether (sulfide) groups is 2. The van der Waals surface area contributed by atoms with Crippen molar-refractivity contribution in [3.05, 3.63) is 77.2 Å². The molecule has 2 heterocycles. The number of hydrazine groups is 1. The minimum Gasteiger partial charge on any atom is -0.431 e. The van der Waals surface area contributed by atoms with E-state index in [9.17, 15) is 14.4 Å². The summed E-state index contributed by atoms with van der Waals surface area (Å²) in [4.78, 5) is 43.1. The van der Waals surface area contributed by atoms with Gasteiger partial charge in [0.2, 0.25) is 11.8 Å². The second-order valence-corrected chi connectivity index (χ2v) is 10.2. The third-order valence-corrected chi connectivity index (χ3v) is 7.16. The Labute approximate surface area is 221 Å². The Morgan fingerprint density at radius 3 is 2.64 bits per heavy atom. The molecule has 1 aliphatic heterocycles. The fourth-order valence-electron chi connectivity index (χ4n) is 3.19. The molecule has 2 aromatic carbocycles. The van der Waals surface area contributed by atoms with Gasteiger partial charge in [-0.05, 0) is 30.2 Å². The number of carbonyl (C=O) groups is 3. The van der Waals surface area contributed by atoms with Crippen LogP contribution in [0.3, 0.4) is 0 Å². The molecule has 3 aromatic rings. The van der Waals surface area contributed by atoms with Gasteiger partial charge >= 0.3 is 0 Å². The molecular weight excluding hydrogens is 517 g/mol. The molecule has 0 aliphatic carbocycles. The molecule has 3 amide bonds. The van der Waals surface area contributed by atoms with Gasteiger partial charge in [-0.15, -0.1) is 0 Å². The standard InChI is InChI=1S/C25H22N4O4S3/c30-21(27-28-22(31)16-35-24-26-18-11-4-5-12-19(18)33-24)14-7-15-29-23(32)20(36-25(29)34)13-6-10-17-8-2-1-3-9-17/h1-6,8-13H,7,14-16H2,(H,27,30)(H,28,31). The average Bonchev–Trinajstić information content (AvgIpc) is 3.42. The summed E-state index contributed by atoms with van der Waals surface area (Å²) in [7, 11) is 0. The number of fused-ring (bicyclic) bond motifs is 1. The molecule has 0 radical (unpaired) electrons. The molecule has 1 saturated heterocycles. The van der Waals surface area contributed by atoms with Gasteiger partial charge in [-0.1, -0.05) is 90.4 Å². The maximum Gasteiger partial charge on any atom is 0.266 e. The molecule has 184 valence electrons. The molecule has 1 aliphatic rings. The zero-order chi connectivity index (χ0) is 25.3. The van der Waals surface area contributed by atoms with E-state index in [2.05, 4.69) is 15.8 Å². The molecule has 36 heavy (non-hydrogen) atoms. The Kier molecular flexibility index (Phi) is 8.93. The molecule has 11 heteroatoms. The summed E-state index contributed by atoms with van der Waals surface area (Å²) in [6.07, 6.45) is 6.01. The number of para-hydroxylation sites is 2. The van der Waals surface area contributed by atoms with Crippen LogP contribution in [-0.2, 0) is 14.4 Å². The highest BCUT2D eigenvalue weighted by Gasteiger charge is 2.31. The van der Waals surface area contributed by atoms with Crippen LogP contribution in [-0.4, -0.2) is 44.2 Å². The number of oxazole rings is 1. The predicted molar refractivity (Wildman–Crippen MR) is 146 cm³/mol. The van der Waals surface area contributed by atoms with Crippen LogP contribution in [0.5, 0.6) is 0 Å². The van der Waals surface area contributed by atoms with Gasteiger partial charge in [0.25, 0.3) is 11.1 Å². The SMILES string of the molecule is O=C(CCCN1C(=O)C(=CC=Cc2ccccc2)SC1=S)NNC(=O)CSc1nc2ccccc2o1. The molecule has 0 saturated carbocycles. The third kappa shape index (κ3) is 7.06. The van der Waals surface area contributed by atoms with E-state index in [0.29, 0.717) is 38.5 Å². The van der Waals surface area contributed by atoms with Crippen LogP contribution in [0.15, 0.2) is 81.3 Å². The molecule has 1 fully saturated rings. The number of amides is 3. The van der Waals surface area contributed by atoms with Gasteiger partial charge in [0.1, 0.15) is 9.84 Å². The van der Waals surface area contributed by atoms with E-state index in [-0.39, 0.29) is 29.9 Å². The van der Waals surface area contributed by atoms with E-state index < -0.39 is 0 Å². The van der Waals surface area contributed by atoms with Gasteiger partial charge < -0.3 is 4.42 Å². The van der Waals surface area contributed by atoms with E-state index in [1.54, 1.807) is 12.1 Å². The lowest BCUT2D eigenvalue weighted by Gasteiger charge is -2.14. The van der Waals surface area contributed by atoms with Crippen LogP contribution < -0.4 is 10.9 Å². The van der Waals surface area contributed by atoms with Crippen molar-refractivity contribution in [2.24, 2.45) is 0 Å². The molecule has 1 aromatic heterocycles. The van der Waals surface area contributed by atoms with Crippen molar-refractivity contribution < 1.29 is 18.8 Å². The van der Waals surface area contributed by atoms with Crippen molar-refractivity contribution in [2.45, 2.75) is 18.1 Å². The number of nitrogens with one attached hydrogen (secondary N) is 2. The molecule has 0 unspecified atom stereocenters. The first-order chi connectivity index (χ1) is 17.5. The number of aromatic nitrogens is 1. The molecule has 0 bridgehead atoms. The normalized spacial score (nSPS) is 14.8. The van der Waals surface area contributed by atoms with Gasteiger partial charge in [-0.3, -0.25) is 30.1 Å². The highest BCUT2D eigenvalue weighted by molar-refractivity contribution is 8.26. The fraction of sp³-hybridized carbons (Fsp3) is 0.160. The van der Waals surface area contributed by atoms with Gasteiger partial charge in [0.15, 0.2) is 5.58 Å². The highest BCUT2D eigenvalue weighted by atomic mass is 32.2. The van der Waals surface area contributed by atoms with E-state index in [1.807, 2.05) is 60.7 Å². The van der Waals surface area contributed by atoms with Gasteiger partial charge in [-0.25, -0.2) is 4.98 Å². The zero-order valence-corrected chi connectivity index (χ0v) is 21.5. The lowest BCUT2D eigenvalue weighted by molar-refractivity contribution is -0.128. The van der Waals surface area contributed by atoms with Crippen molar-refractivity contribution in [1.82, 2.24) is 20.7 Å². The monoisotopic (exact) mass is 538 g/mol. The van der Waals surface area contributed by atoms with Crippen molar-refractivity contribution >= 4 is 75.0 Å². The van der Waals surface area contributed by atoms with Crippen LogP contribution >= 0.6 is 35.7 Å². The van der Waals surface area contributed by atoms with Gasteiger partial charge in [0, 0.05) is 13.0 Å². The zero-order valence-electron chi connectivity index (χ0n) is 19.0. The number of allylic oxidation sites excluding steroid dienone is 2. The minimum atomic E-state index is -0.388. The molecular formula is C25H22N4O4S3. The largest absolute Gasteiger partial charge is 0.431 e. The third-order valence-electron chi connectivity index (χ3n) is 4.94. The lowest BCUT2D eigenvalue weighted by Crippen LogP contribution is -2.42. The van der Waals surface area contributed by atoms with Crippen LogP contribution in [0.25, 0.3) is 17.2 Å². The molecule has 0 spiro atoms. The van der Waals surface area contributed by atoms with Crippen LogP contribution in [0.1, 0.15) is 18.4 Å². The van der Waals surface area contributed by atoms with E-state index in [0.717, 1.165) is 17.3 Å². The number of rotatable bonds is 9. The van der Waals surface area contributed by atoms with E-state index in [1.165, 1.54) is 16.7 Å². The second-order valence-electron chi connectivity index (χ2n) is 7.56. The first-order valence-corrected chi connectivity index (χ1v) is 13.2. The molecule has 4 rings (SSSR count). The van der Waals surface area contributed by atoms with Crippen LogP contribution in [0.4, 0.5) is 0 Å². The Bertz CT molecular complexity index is 1300. The quantitative estimate of drug-likeness (QED) is 0.180. The first-order valence-electron chi connectivity index (χ1n) is 11.0. The van der Waals surface area contributed by atoms with Crippen molar-refractivity contribution in [1.29, 1.82) is 0 Å². The summed E-state index contributed by atoms with van der Waals surface area (Å²) in [6, 6.07) is 17.1. The molecule has 8 nitrogen and oxygen atoms in total. The van der Waals surface area contributed by atoms with Crippen molar-refractivity contribution in [3.8, 4) is 0 Å². The average molecular weight is 539 g/mol. The highest BCUT2D eigenvalue weighted by Crippen LogP contribution is 2.31. The summed E-state index contributed by atoms with van der Waals surface area (Å²) < 4.78 is 6.01. The molecule has 0 atom stereocenters. The summed E-state index contributed by atoms with van der Waals surface area (Å²) >= 11 is 7.70.